The largest absolute Gasteiger partial charge is 0.502 e. The van der Waals surface area contributed by atoms with E-state index in [0.29, 0.717) is 0 Å². The number of carbonyl (C=O) groups is 2. The number of carbonyl (C=O) groups excluding carboxylic acids is 2. The van der Waals surface area contributed by atoms with Crippen molar-refractivity contribution in [2.45, 2.75) is 0 Å². The van der Waals surface area contributed by atoms with E-state index in [1.165, 1.54) is 30.3 Å². The highest BCUT2D eigenvalue weighted by Gasteiger charge is 2.35. The standard InChI is InChI=1S/C16H9Cl2N3O5/c17-9-5-10(18)7-11(6-9)20-16(24)12(15(23)19-20)4-8-2-1-3-13(14(8)22)21(25)26/h1-7,22H,(H,19,23)/b12-4-. The van der Waals surface area contributed by atoms with Crippen LogP contribution in [0.5, 0.6) is 5.75 Å². The van der Waals surface area contributed by atoms with Crippen molar-refractivity contribution in [2.24, 2.45) is 0 Å². The van der Waals surface area contributed by atoms with Gasteiger partial charge in [0, 0.05) is 21.7 Å². The molecule has 3 rings (SSSR count). The summed E-state index contributed by atoms with van der Waals surface area (Å²) < 4.78 is 0. The number of hydrogen-bond donors (Lipinski definition) is 2. The molecule has 10 heteroatoms. The molecule has 0 aromatic heterocycles. The van der Waals surface area contributed by atoms with E-state index in [1.54, 1.807) is 0 Å². The van der Waals surface area contributed by atoms with Gasteiger partial charge < -0.3 is 5.11 Å². The van der Waals surface area contributed by atoms with E-state index in [-0.39, 0.29) is 26.9 Å². The second kappa shape index (κ2) is 6.66. The first-order valence-electron chi connectivity index (χ1n) is 7.07. The molecule has 0 bridgehead atoms. The molecule has 0 radical (unpaired) electrons. The van der Waals surface area contributed by atoms with E-state index in [2.05, 4.69) is 5.43 Å². The molecular weight excluding hydrogens is 385 g/mol. The number of hydrogen-bond acceptors (Lipinski definition) is 5. The number of nitrogens with one attached hydrogen (secondary N) is 1. The quantitative estimate of drug-likeness (QED) is 0.360. The van der Waals surface area contributed by atoms with E-state index in [4.69, 9.17) is 23.2 Å². The lowest BCUT2D eigenvalue weighted by atomic mass is 10.1. The molecule has 0 aliphatic carbocycles. The van der Waals surface area contributed by atoms with Crippen molar-refractivity contribution in [1.29, 1.82) is 0 Å². The average molecular weight is 394 g/mol. The molecule has 0 atom stereocenters. The highest BCUT2D eigenvalue weighted by molar-refractivity contribution is 6.36. The fraction of sp³-hybridized carbons (Fsp3) is 0. The van der Waals surface area contributed by atoms with E-state index >= 15 is 0 Å². The summed E-state index contributed by atoms with van der Waals surface area (Å²) in [6.07, 6.45) is 1.08. The van der Waals surface area contributed by atoms with Gasteiger partial charge in [0.1, 0.15) is 5.57 Å². The normalized spacial score (nSPS) is 15.5. The van der Waals surface area contributed by atoms with Crippen molar-refractivity contribution in [3.05, 3.63) is 67.7 Å². The van der Waals surface area contributed by atoms with Crippen LogP contribution in [0.3, 0.4) is 0 Å². The molecule has 2 N–H and O–H groups in total. The summed E-state index contributed by atoms with van der Waals surface area (Å²) in [5.41, 5.74) is 1.70. The van der Waals surface area contributed by atoms with E-state index < -0.39 is 28.2 Å². The maximum absolute atomic E-state index is 12.5. The van der Waals surface area contributed by atoms with Crippen molar-refractivity contribution in [1.82, 2.24) is 5.43 Å². The average Bonchev–Trinajstić information content (AvgIpc) is 2.83. The van der Waals surface area contributed by atoms with Gasteiger partial charge in [-0.2, -0.15) is 0 Å². The van der Waals surface area contributed by atoms with Gasteiger partial charge in [-0.05, 0) is 24.3 Å². The zero-order valence-electron chi connectivity index (χ0n) is 12.8. The number of rotatable bonds is 3. The molecule has 2 aromatic carbocycles. The number of nitro benzene ring substituents is 1. The van der Waals surface area contributed by atoms with Gasteiger partial charge >= 0.3 is 5.69 Å². The highest BCUT2D eigenvalue weighted by atomic mass is 35.5. The Morgan fingerprint density at radius 2 is 1.81 bits per heavy atom. The molecule has 0 unspecified atom stereocenters. The van der Waals surface area contributed by atoms with Crippen molar-refractivity contribution >= 4 is 52.5 Å². The Morgan fingerprint density at radius 1 is 1.15 bits per heavy atom. The first kappa shape index (κ1) is 17.7. The highest BCUT2D eigenvalue weighted by Crippen LogP contribution is 2.32. The Labute approximate surface area is 156 Å². The summed E-state index contributed by atoms with van der Waals surface area (Å²) in [6, 6.07) is 8.10. The minimum Gasteiger partial charge on any atom is -0.502 e. The molecule has 2 aromatic rings. The molecule has 132 valence electrons. The molecule has 0 saturated carbocycles. The van der Waals surface area contributed by atoms with Crippen LogP contribution in [0, 0.1) is 10.1 Å². The number of halogens is 2. The molecule has 26 heavy (non-hydrogen) atoms. The molecule has 0 spiro atoms. The van der Waals surface area contributed by atoms with Gasteiger partial charge in [-0.1, -0.05) is 35.3 Å². The number of anilines is 1. The number of phenolic OH excluding ortho intramolecular Hbond substituents is 1. The summed E-state index contributed by atoms with van der Waals surface area (Å²) >= 11 is 11.8. The van der Waals surface area contributed by atoms with E-state index in [9.17, 15) is 24.8 Å². The fourth-order valence-electron chi connectivity index (χ4n) is 2.38. The fourth-order valence-corrected chi connectivity index (χ4v) is 2.89. The molecule has 8 nitrogen and oxygen atoms in total. The van der Waals surface area contributed by atoms with Gasteiger partial charge in [-0.15, -0.1) is 0 Å². The zero-order valence-corrected chi connectivity index (χ0v) is 14.3. The summed E-state index contributed by atoms with van der Waals surface area (Å²) in [6.45, 7) is 0. The van der Waals surface area contributed by atoms with Crippen molar-refractivity contribution < 1.29 is 19.6 Å². The third-order valence-electron chi connectivity index (χ3n) is 3.54. The monoisotopic (exact) mass is 393 g/mol. The number of phenols is 1. The minimum absolute atomic E-state index is 0.0383. The number of aromatic hydroxyl groups is 1. The number of para-hydroxylation sites is 1. The number of nitrogens with zero attached hydrogens (tertiary/aromatic N) is 2. The van der Waals surface area contributed by atoms with Gasteiger partial charge in [0.2, 0.25) is 5.75 Å². The SMILES string of the molecule is O=C1NN(c2cc(Cl)cc(Cl)c2)C(=O)/C1=C\c1cccc([N+](=O)[O-])c1O. The lowest BCUT2D eigenvalue weighted by molar-refractivity contribution is -0.385. The molecule has 1 aliphatic rings. The van der Waals surface area contributed by atoms with E-state index in [0.717, 1.165) is 17.2 Å². The predicted molar refractivity (Wildman–Crippen MR) is 94.8 cm³/mol. The van der Waals surface area contributed by atoms with Crippen LogP contribution < -0.4 is 10.4 Å². The van der Waals surface area contributed by atoms with Gasteiger partial charge in [0.25, 0.3) is 11.8 Å². The van der Waals surface area contributed by atoms with Crippen LogP contribution in [0.2, 0.25) is 10.0 Å². The smallest absolute Gasteiger partial charge is 0.311 e. The maximum Gasteiger partial charge on any atom is 0.311 e. The van der Waals surface area contributed by atoms with Gasteiger partial charge in [-0.25, -0.2) is 5.01 Å². The Hall–Kier alpha value is -3.10. The lowest BCUT2D eigenvalue weighted by Gasteiger charge is -2.15. The molecule has 1 heterocycles. The lowest BCUT2D eigenvalue weighted by Crippen LogP contribution is -2.35. The van der Waals surface area contributed by atoms with Crippen LogP contribution in [-0.4, -0.2) is 21.8 Å². The van der Waals surface area contributed by atoms with Crippen LogP contribution in [-0.2, 0) is 9.59 Å². The van der Waals surface area contributed by atoms with Crippen LogP contribution >= 0.6 is 23.2 Å². The van der Waals surface area contributed by atoms with Crippen molar-refractivity contribution in [3.8, 4) is 5.75 Å². The predicted octanol–water partition coefficient (Wildman–Crippen LogP) is 3.07. The summed E-state index contributed by atoms with van der Waals surface area (Å²) in [4.78, 5) is 34.8. The van der Waals surface area contributed by atoms with Gasteiger partial charge in [-0.3, -0.25) is 25.1 Å². The number of amides is 2. The van der Waals surface area contributed by atoms with Crippen molar-refractivity contribution in [3.63, 3.8) is 0 Å². The maximum atomic E-state index is 12.5. The first-order valence-corrected chi connectivity index (χ1v) is 7.83. The number of benzene rings is 2. The number of hydrazine groups is 1. The van der Waals surface area contributed by atoms with Crippen LogP contribution in [0.4, 0.5) is 11.4 Å². The zero-order chi connectivity index (χ0) is 19.0. The van der Waals surface area contributed by atoms with E-state index in [1.807, 2.05) is 0 Å². The minimum atomic E-state index is -0.770. The molecule has 2 amide bonds. The number of nitro groups is 1. The Kier molecular flexibility index (Phi) is 4.54. The van der Waals surface area contributed by atoms with Crippen LogP contribution in [0.25, 0.3) is 6.08 Å². The third kappa shape index (κ3) is 3.19. The summed E-state index contributed by atoms with van der Waals surface area (Å²) in [5, 5.41) is 22.3. The van der Waals surface area contributed by atoms with Crippen molar-refractivity contribution in [2.75, 3.05) is 5.01 Å². The molecule has 1 aliphatic heterocycles. The summed E-state index contributed by atoms with van der Waals surface area (Å²) in [7, 11) is 0. The molecular formula is C16H9Cl2N3O5. The Balaban J connectivity index is 2.01. The third-order valence-corrected chi connectivity index (χ3v) is 3.98. The Morgan fingerprint density at radius 3 is 2.42 bits per heavy atom. The van der Waals surface area contributed by atoms with Crippen LogP contribution in [0.15, 0.2) is 42.0 Å². The van der Waals surface area contributed by atoms with Gasteiger partial charge in [0.15, 0.2) is 0 Å². The van der Waals surface area contributed by atoms with Crippen LogP contribution in [0.1, 0.15) is 5.56 Å². The molecule has 1 saturated heterocycles. The Bertz CT molecular complexity index is 970. The molecule has 1 fully saturated rings. The first-order chi connectivity index (χ1) is 12.3. The second-order valence-corrected chi connectivity index (χ2v) is 6.11. The summed E-state index contributed by atoms with van der Waals surface area (Å²) in [5.74, 6) is -2.11. The van der Waals surface area contributed by atoms with Gasteiger partial charge in [0.05, 0.1) is 10.6 Å². The second-order valence-electron chi connectivity index (χ2n) is 5.24. The topological polar surface area (TPSA) is 113 Å².